The lowest BCUT2D eigenvalue weighted by Gasteiger charge is -2.27. The molecule has 3 N–H and O–H groups in total. The molecule has 2 aliphatic heterocycles. The van der Waals surface area contributed by atoms with Crippen molar-refractivity contribution >= 4 is 46.6 Å². The van der Waals surface area contributed by atoms with Crippen molar-refractivity contribution in [1.82, 2.24) is 5.01 Å². The Labute approximate surface area is 180 Å². The van der Waals surface area contributed by atoms with Crippen LogP contribution in [0.2, 0.25) is 0 Å². The molecule has 0 aliphatic carbocycles. The van der Waals surface area contributed by atoms with Crippen LogP contribution in [0.5, 0.6) is 11.5 Å². The van der Waals surface area contributed by atoms with Gasteiger partial charge in [-0.25, -0.2) is 4.79 Å². The lowest BCUT2D eigenvalue weighted by Crippen LogP contribution is -2.42. The summed E-state index contributed by atoms with van der Waals surface area (Å²) >= 11 is 0.893. The minimum atomic E-state index is -1.11. The molecule has 0 radical (unpaired) electrons. The second-order valence-corrected chi connectivity index (χ2v) is 7.75. The molecule has 0 unspecified atom stereocenters. The summed E-state index contributed by atoms with van der Waals surface area (Å²) in [4.78, 5) is 36.1. The van der Waals surface area contributed by atoms with E-state index in [0.717, 1.165) is 16.8 Å². The molecule has 2 heterocycles. The van der Waals surface area contributed by atoms with Gasteiger partial charge in [0.1, 0.15) is 5.25 Å². The molecule has 2 aliphatic rings. The molecule has 31 heavy (non-hydrogen) atoms. The van der Waals surface area contributed by atoms with Gasteiger partial charge in [0, 0.05) is 5.69 Å². The molecule has 1 atom stereocenters. The van der Waals surface area contributed by atoms with E-state index in [0.29, 0.717) is 22.7 Å². The molecule has 158 valence electrons. The highest BCUT2D eigenvalue weighted by atomic mass is 32.2. The number of hydrogen-bond donors (Lipinski definition) is 3. The van der Waals surface area contributed by atoms with Gasteiger partial charge in [0.2, 0.25) is 12.7 Å². The minimum absolute atomic E-state index is 0.0296. The van der Waals surface area contributed by atoms with E-state index in [1.165, 1.54) is 24.4 Å². The Bertz CT molecular complexity index is 1100. The van der Waals surface area contributed by atoms with Gasteiger partial charge in [0.05, 0.1) is 18.2 Å². The van der Waals surface area contributed by atoms with E-state index in [9.17, 15) is 14.4 Å². The molecule has 0 saturated carbocycles. The fourth-order valence-electron chi connectivity index (χ4n) is 2.92. The van der Waals surface area contributed by atoms with Crippen molar-refractivity contribution in [3.05, 3.63) is 53.6 Å². The second-order valence-electron chi connectivity index (χ2n) is 6.55. The summed E-state index contributed by atoms with van der Waals surface area (Å²) in [6, 6.07) is 11.0. The quantitative estimate of drug-likeness (QED) is 0.606. The third-order valence-electron chi connectivity index (χ3n) is 4.43. The summed E-state index contributed by atoms with van der Waals surface area (Å²) in [6.07, 6.45) is 1.27. The van der Waals surface area contributed by atoms with Gasteiger partial charge in [-0.05, 0) is 42.0 Å². The Hall–Kier alpha value is -3.86. The molecule has 1 saturated heterocycles. The molecule has 1 fully saturated rings. The van der Waals surface area contributed by atoms with Gasteiger partial charge in [-0.3, -0.25) is 15.0 Å². The average Bonchev–Trinajstić information content (AvgIpc) is 3.21. The number of anilines is 1. The molecule has 4 rings (SSSR count). The van der Waals surface area contributed by atoms with E-state index in [-0.39, 0.29) is 23.9 Å². The Morgan fingerprint density at radius 1 is 1.23 bits per heavy atom. The predicted octanol–water partition coefficient (Wildman–Crippen LogP) is 2.35. The van der Waals surface area contributed by atoms with E-state index in [4.69, 9.17) is 20.0 Å². The van der Waals surface area contributed by atoms with Crippen LogP contribution >= 0.6 is 11.8 Å². The maximum absolute atomic E-state index is 12.5. The van der Waals surface area contributed by atoms with Crippen molar-refractivity contribution in [3.8, 4) is 11.5 Å². The number of rotatable bonds is 5. The summed E-state index contributed by atoms with van der Waals surface area (Å²) in [6.45, 7) is 0.145. The minimum Gasteiger partial charge on any atom is -0.478 e. The number of carboxylic acid groups (broad SMARTS) is 1. The number of amidine groups is 1. The molecular formula is C20H16N4O6S. The first-order chi connectivity index (χ1) is 14.9. The number of thioether (sulfide) groups is 1. The topological polar surface area (TPSA) is 141 Å². The Kier molecular flexibility index (Phi) is 5.58. The fraction of sp³-hybridized carbons (Fsp3) is 0.150. The van der Waals surface area contributed by atoms with E-state index in [1.54, 1.807) is 24.3 Å². The highest BCUT2D eigenvalue weighted by Crippen LogP contribution is 2.32. The SMILES string of the molecule is N=C1S[C@H](C(=O)Nc2cccc(C(=O)O)c2)CC(=O)N1/N=C\c1ccc2c(c1)OCO2. The number of ether oxygens (including phenoxy) is 2. The summed E-state index contributed by atoms with van der Waals surface area (Å²) in [7, 11) is 0. The van der Waals surface area contributed by atoms with Gasteiger partial charge in [-0.1, -0.05) is 17.8 Å². The van der Waals surface area contributed by atoms with Gasteiger partial charge < -0.3 is 19.9 Å². The lowest BCUT2D eigenvalue weighted by atomic mass is 10.2. The first kappa shape index (κ1) is 20.4. The van der Waals surface area contributed by atoms with Crippen molar-refractivity contribution in [2.24, 2.45) is 5.10 Å². The van der Waals surface area contributed by atoms with E-state index in [1.807, 2.05) is 0 Å². The number of carbonyl (C=O) groups is 3. The van der Waals surface area contributed by atoms with Crippen LogP contribution in [0, 0.1) is 5.41 Å². The standard InChI is InChI=1S/C20H16N4O6S/c21-20-24(22-9-11-4-5-14-15(6-11)30-10-29-14)17(25)8-16(31-20)18(26)23-13-3-1-2-12(7-13)19(27)28/h1-7,9,16,21H,8,10H2,(H,23,26)(H,27,28)/b21-20?,22-9-/t16-/m0/s1. The Morgan fingerprint density at radius 3 is 2.81 bits per heavy atom. The highest BCUT2D eigenvalue weighted by Gasteiger charge is 2.35. The van der Waals surface area contributed by atoms with Crippen LogP contribution in [0.1, 0.15) is 22.3 Å². The second kappa shape index (κ2) is 8.48. The number of hydrazone groups is 1. The number of hydrogen-bond acceptors (Lipinski definition) is 8. The van der Waals surface area contributed by atoms with Gasteiger partial charge in [0.15, 0.2) is 16.7 Å². The Balaban J connectivity index is 1.40. The number of aromatic carboxylic acids is 1. The van der Waals surface area contributed by atoms with Crippen LogP contribution in [0.15, 0.2) is 47.6 Å². The Morgan fingerprint density at radius 2 is 2.03 bits per heavy atom. The fourth-order valence-corrected chi connectivity index (χ4v) is 3.83. The lowest BCUT2D eigenvalue weighted by molar-refractivity contribution is -0.129. The highest BCUT2D eigenvalue weighted by molar-refractivity contribution is 8.14. The van der Waals surface area contributed by atoms with Crippen LogP contribution in [0.4, 0.5) is 5.69 Å². The summed E-state index contributed by atoms with van der Waals surface area (Å²) < 4.78 is 10.5. The molecule has 2 aromatic rings. The summed E-state index contributed by atoms with van der Waals surface area (Å²) in [5.74, 6) is -0.916. The number of carboxylic acids is 1. The first-order valence-corrected chi connectivity index (χ1v) is 9.95. The molecule has 11 heteroatoms. The number of nitrogens with one attached hydrogen (secondary N) is 2. The maximum Gasteiger partial charge on any atom is 0.335 e. The van der Waals surface area contributed by atoms with Crippen LogP contribution < -0.4 is 14.8 Å². The van der Waals surface area contributed by atoms with Crippen molar-refractivity contribution in [2.45, 2.75) is 11.7 Å². The molecule has 0 aromatic heterocycles. The number of fused-ring (bicyclic) bond motifs is 1. The smallest absolute Gasteiger partial charge is 0.335 e. The van der Waals surface area contributed by atoms with Crippen LogP contribution in [-0.2, 0) is 9.59 Å². The summed E-state index contributed by atoms with van der Waals surface area (Å²) in [5.41, 5.74) is 0.989. The molecule has 0 spiro atoms. The third-order valence-corrected chi connectivity index (χ3v) is 5.49. The zero-order valence-electron chi connectivity index (χ0n) is 15.9. The van der Waals surface area contributed by atoms with Crippen molar-refractivity contribution in [1.29, 1.82) is 5.41 Å². The third kappa shape index (κ3) is 4.51. The number of benzene rings is 2. The van der Waals surface area contributed by atoms with E-state index >= 15 is 0 Å². The molecule has 0 bridgehead atoms. The van der Waals surface area contributed by atoms with Crippen LogP contribution in [0.3, 0.4) is 0 Å². The number of carbonyl (C=O) groups excluding carboxylic acids is 2. The monoisotopic (exact) mass is 440 g/mol. The van der Waals surface area contributed by atoms with Gasteiger partial charge >= 0.3 is 5.97 Å². The van der Waals surface area contributed by atoms with E-state index in [2.05, 4.69) is 10.4 Å². The molecule has 2 aromatic carbocycles. The zero-order valence-corrected chi connectivity index (χ0v) is 16.7. The number of amides is 2. The van der Waals surface area contributed by atoms with Crippen molar-refractivity contribution < 1.29 is 29.0 Å². The van der Waals surface area contributed by atoms with Gasteiger partial charge in [0.25, 0.3) is 5.91 Å². The van der Waals surface area contributed by atoms with Gasteiger partial charge in [-0.15, -0.1) is 0 Å². The molecular weight excluding hydrogens is 424 g/mol. The van der Waals surface area contributed by atoms with Crippen LogP contribution in [0.25, 0.3) is 0 Å². The van der Waals surface area contributed by atoms with E-state index < -0.39 is 23.0 Å². The molecule has 2 amide bonds. The number of nitrogens with zero attached hydrogens (tertiary/aromatic N) is 2. The molecule has 10 nitrogen and oxygen atoms in total. The van der Waals surface area contributed by atoms with Crippen molar-refractivity contribution in [2.75, 3.05) is 12.1 Å². The summed E-state index contributed by atoms with van der Waals surface area (Å²) in [5, 5.41) is 23.7. The van der Waals surface area contributed by atoms with Crippen molar-refractivity contribution in [3.63, 3.8) is 0 Å². The first-order valence-electron chi connectivity index (χ1n) is 9.07. The van der Waals surface area contributed by atoms with Crippen LogP contribution in [-0.4, -0.2) is 51.3 Å². The zero-order chi connectivity index (χ0) is 22.0. The van der Waals surface area contributed by atoms with Gasteiger partial charge in [-0.2, -0.15) is 10.1 Å². The largest absolute Gasteiger partial charge is 0.478 e. The maximum atomic E-state index is 12.5. The predicted molar refractivity (Wildman–Crippen MR) is 113 cm³/mol. The average molecular weight is 440 g/mol. The normalized spacial score (nSPS) is 17.8.